The molecule has 1 aliphatic carbocycles. The second kappa shape index (κ2) is 8.15. The van der Waals surface area contributed by atoms with Crippen molar-refractivity contribution in [3.05, 3.63) is 70.8 Å². The maximum absolute atomic E-state index is 10.9. The van der Waals surface area contributed by atoms with Gasteiger partial charge in [0.15, 0.2) is 0 Å². The first-order valence-corrected chi connectivity index (χ1v) is 13.4. The molecule has 6 heteroatoms. The van der Waals surface area contributed by atoms with Crippen LogP contribution in [0.5, 0.6) is 0 Å². The molecule has 2 aromatic carbocycles. The van der Waals surface area contributed by atoms with Gasteiger partial charge in [-0.2, -0.15) is 15.6 Å². The quantitative estimate of drug-likeness (QED) is 0.623. The number of morpholine rings is 1. The molecule has 0 N–H and O–H groups in total. The smallest absolute Gasteiger partial charge is 0.246 e. The Morgan fingerprint density at radius 1 is 0.919 bits per heavy atom. The van der Waals surface area contributed by atoms with Gasteiger partial charge in [-0.1, -0.05) is 80.4 Å². The van der Waals surface area contributed by atoms with E-state index in [1.54, 1.807) is 0 Å². The van der Waals surface area contributed by atoms with E-state index in [0.717, 1.165) is 16.8 Å². The van der Waals surface area contributed by atoms with E-state index in [2.05, 4.69) is 100 Å². The van der Waals surface area contributed by atoms with Gasteiger partial charge in [0.25, 0.3) is 0 Å². The lowest BCUT2D eigenvalue weighted by Gasteiger charge is -2.46. The third-order valence-electron chi connectivity index (χ3n) is 9.73. The van der Waals surface area contributed by atoms with Crippen molar-refractivity contribution in [3.8, 4) is 12.1 Å². The van der Waals surface area contributed by atoms with Crippen LogP contribution in [0.3, 0.4) is 0 Å². The van der Waals surface area contributed by atoms with Crippen LogP contribution in [0.15, 0.2) is 53.6 Å². The molecular formula is C31H35N5O. The predicted molar refractivity (Wildman–Crippen MR) is 142 cm³/mol. The lowest BCUT2D eigenvalue weighted by molar-refractivity contribution is -0.00104. The molecule has 37 heavy (non-hydrogen) atoms. The summed E-state index contributed by atoms with van der Waals surface area (Å²) in [7, 11) is 0. The van der Waals surface area contributed by atoms with Crippen LogP contribution in [0.2, 0.25) is 0 Å². The van der Waals surface area contributed by atoms with E-state index < -0.39 is 11.1 Å². The van der Waals surface area contributed by atoms with E-state index in [4.69, 9.17) is 9.84 Å². The number of hydrogen-bond acceptors (Lipinski definition) is 6. The second-order valence-corrected chi connectivity index (χ2v) is 12.0. The summed E-state index contributed by atoms with van der Waals surface area (Å²) < 4.78 is 5.67. The van der Waals surface area contributed by atoms with Crippen LogP contribution in [0.4, 0.5) is 0 Å². The van der Waals surface area contributed by atoms with Crippen LogP contribution in [0, 0.1) is 59.7 Å². The molecule has 2 saturated heterocycles. The molecular weight excluding hydrogens is 458 g/mol. The van der Waals surface area contributed by atoms with Crippen LogP contribution in [0.1, 0.15) is 43.0 Å². The van der Waals surface area contributed by atoms with Crippen molar-refractivity contribution >= 4 is 5.71 Å². The first-order valence-electron chi connectivity index (χ1n) is 13.4. The topological polar surface area (TPSA) is 75.7 Å². The molecule has 0 bridgehead atoms. The van der Waals surface area contributed by atoms with Crippen LogP contribution in [0.25, 0.3) is 0 Å². The van der Waals surface area contributed by atoms with Crippen molar-refractivity contribution in [2.75, 3.05) is 26.3 Å². The van der Waals surface area contributed by atoms with Crippen LogP contribution < -0.4 is 0 Å². The summed E-state index contributed by atoms with van der Waals surface area (Å²) >= 11 is 0. The van der Waals surface area contributed by atoms with Gasteiger partial charge in [-0.15, -0.1) is 0 Å². The number of nitrogens with zero attached hydrogens (tertiary/aromatic N) is 5. The minimum Gasteiger partial charge on any atom is -0.379 e. The Kier molecular flexibility index (Phi) is 5.33. The second-order valence-electron chi connectivity index (χ2n) is 12.0. The summed E-state index contributed by atoms with van der Waals surface area (Å²) in [5.74, 6) is 0.470. The summed E-state index contributed by atoms with van der Waals surface area (Å²) in [5, 5.41) is 29.1. The number of aryl methyl sites for hydroxylation is 2. The largest absolute Gasteiger partial charge is 0.379 e. The minimum absolute atomic E-state index is 0.00481. The van der Waals surface area contributed by atoms with E-state index in [1.165, 1.54) is 11.1 Å². The number of rotatable bonds is 3. The fourth-order valence-electron chi connectivity index (χ4n) is 7.96. The van der Waals surface area contributed by atoms with Gasteiger partial charge in [-0.3, -0.25) is 9.91 Å². The van der Waals surface area contributed by atoms with E-state index >= 15 is 0 Å². The fraction of sp³-hybridized carbons (Fsp3) is 0.516. The molecule has 190 valence electrons. The molecule has 6 rings (SSSR count). The Bertz CT molecular complexity index is 1310. The first kappa shape index (κ1) is 24.2. The highest BCUT2D eigenvalue weighted by molar-refractivity contribution is 6.05. The van der Waals surface area contributed by atoms with Gasteiger partial charge in [0.1, 0.15) is 12.1 Å². The number of hydrogen-bond donors (Lipinski definition) is 0. The highest BCUT2D eigenvalue weighted by atomic mass is 16.5. The van der Waals surface area contributed by atoms with Gasteiger partial charge in [0.05, 0.1) is 30.5 Å². The average Bonchev–Trinajstić information content (AvgIpc) is 3.41. The van der Waals surface area contributed by atoms with Gasteiger partial charge in [0.2, 0.25) is 5.54 Å². The zero-order valence-corrected chi connectivity index (χ0v) is 22.4. The van der Waals surface area contributed by atoms with Crippen LogP contribution in [-0.4, -0.2) is 53.5 Å². The summed E-state index contributed by atoms with van der Waals surface area (Å²) in [4.78, 5) is 2.32. The molecule has 5 atom stereocenters. The zero-order chi connectivity index (χ0) is 26.2. The normalized spacial score (nSPS) is 33.5. The highest BCUT2D eigenvalue weighted by Crippen LogP contribution is 2.75. The molecule has 4 aliphatic rings. The van der Waals surface area contributed by atoms with Crippen molar-refractivity contribution in [2.45, 2.75) is 51.7 Å². The van der Waals surface area contributed by atoms with Gasteiger partial charge in [-0.05, 0) is 30.4 Å². The Morgan fingerprint density at radius 3 is 2.05 bits per heavy atom. The lowest BCUT2D eigenvalue weighted by Crippen LogP contribution is -2.58. The summed E-state index contributed by atoms with van der Waals surface area (Å²) in [6.45, 7) is 13.8. The minimum atomic E-state index is -1.42. The summed E-state index contributed by atoms with van der Waals surface area (Å²) in [6.07, 6.45) is 0. The number of benzene rings is 2. The van der Waals surface area contributed by atoms with Crippen molar-refractivity contribution in [1.82, 2.24) is 9.91 Å². The summed E-state index contributed by atoms with van der Waals surface area (Å²) in [5.41, 5.74) is 3.62. The van der Waals surface area contributed by atoms with Gasteiger partial charge in [-0.25, -0.2) is 0 Å². The van der Waals surface area contributed by atoms with Gasteiger partial charge < -0.3 is 4.74 Å². The molecule has 6 nitrogen and oxygen atoms in total. The van der Waals surface area contributed by atoms with Crippen LogP contribution in [-0.2, 0) is 10.3 Å². The molecule has 0 unspecified atom stereocenters. The van der Waals surface area contributed by atoms with Crippen molar-refractivity contribution in [1.29, 1.82) is 10.5 Å². The predicted octanol–water partition coefficient (Wildman–Crippen LogP) is 4.63. The maximum atomic E-state index is 10.9. The standard InChI is InChI=1S/C31H35N5O/c1-20-6-10-23(11-7-20)26-25-27(29(25,4)5)31(24-12-8-21(2)9-13-24)22(3)28(35-14-16-37-17-15-35)30(18-32,19-33)36(31)34-26/h6-13,22,25,27-28H,14-17H2,1-5H3/t22-,25+,27-,28-,31+/m0/s1. The number of hydrazone groups is 1. The van der Waals surface area contributed by atoms with E-state index in [-0.39, 0.29) is 29.2 Å². The SMILES string of the molecule is Cc1ccc(C2=NN3C(C#N)(C#N)[C@@H](N4CCOCC4)[C@H](C)[C@@]3(c3ccc(C)cc3)[C@H]3[C@@H]2C3(C)C)cc1. The monoisotopic (exact) mass is 493 g/mol. The molecule has 3 heterocycles. The summed E-state index contributed by atoms with van der Waals surface area (Å²) in [6, 6.07) is 22.0. The first-order chi connectivity index (χ1) is 17.7. The lowest BCUT2D eigenvalue weighted by atomic mass is 9.71. The maximum Gasteiger partial charge on any atom is 0.246 e. The highest BCUT2D eigenvalue weighted by Gasteiger charge is 2.81. The third-order valence-corrected chi connectivity index (χ3v) is 9.73. The van der Waals surface area contributed by atoms with E-state index in [9.17, 15) is 10.5 Å². The Hall–Kier alpha value is -3.19. The molecule has 3 aliphatic heterocycles. The molecule has 0 spiro atoms. The van der Waals surface area contributed by atoms with E-state index in [0.29, 0.717) is 26.3 Å². The Balaban J connectivity index is 1.64. The van der Waals surface area contributed by atoms with E-state index in [1.807, 2.05) is 5.01 Å². The number of ether oxygens (including phenoxy) is 1. The number of nitriles is 2. The fourth-order valence-corrected chi connectivity index (χ4v) is 7.96. The van der Waals surface area contributed by atoms with Crippen LogP contribution >= 0.6 is 0 Å². The molecule has 3 fully saturated rings. The number of fused-ring (bicyclic) bond motifs is 3. The van der Waals surface area contributed by atoms with Crippen molar-refractivity contribution < 1.29 is 4.74 Å². The van der Waals surface area contributed by atoms with Crippen molar-refractivity contribution in [2.24, 2.45) is 28.3 Å². The average molecular weight is 494 g/mol. The zero-order valence-electron chi connectivity index (χ0n) is 22.4. The molecule has 0 aromatic heterocycles. The van der Waals surface area contributed by atoms with Crippen molar-refractivity contribution in [3.63, 3.8) is 0 Å². The molecule has 0 amide bonds. The molecule has 2 aromatic rings. The molecule has 0 radical (unpaired) electrons. The van der Waals surface area contributed by atoms with Gasteiger partial charge in [0, 0.05) is 30.8 Å². The Labute approximate surface area is 220 Å². The molecule has 1 saturated carbocycles. The van der Waals surface area contributed by atoms with Gasteiger partial charge >= 0.3 is 0 Å². The third kappa shape index (κ3) is 3.06. The Morgan fingerprint density at radius 2 is 1.49 bits per heavy atom.